The highest BCUT2D eigenvalue weighted by Crippen LogP contribution is 2.41. The van der Waals surface area contributed by atoms with Crippen molar-refractivity contribution in [3.63, 3.8) is 0 Å². The maximum absolute atomic E-state index is 10.8. The molecule has 2 heterocycles. The Bertz CT molecular complexity index is 1240. The van der Waals surface area contributed by atoms with Crippen molar-refractivity contribution in [1.82, 2.24) is 4.40 Å². The molecule has 24 heavy (non-hydrogen) atoms. The predicted octanol–water partition coefficient (Wildman–Crippen LogP) is 5.23. The number of phenols is 1. The minimum absolute atomic E-state index is 0. The number of fused-ring (bicyclic) bond motifs is 7. The lowest BCUT2D eigenvalue weighted by Crippen LogP contribution is -1.89. The number of nitrogens with zero attached hydrogens (tertiary/aromatic N) is 1. The van der Waals surface area contributed by atoms with E-state index < -0.39 is 0 Å². The highest BCUT2D eigenvalue weighted by molar-refractivity contribution is 6.27. The minimum Gasteiger partial charge on any atom is -0.508 e. The predicted molar refractivity (Wildman–Crippen MR) is 100 cm³/mol. The smallest absolute Gasteiger partial charge is 0.148 e. The summed E-state index contributed by atoms with van der Waals surface area (Å²) in [4.78, 5) is 0. The van der Waals surface area contributed by atoms with E-state index in [0.717, 1.165) is 37.8 Å². The molecule has 2 aromatic heterocycles. The van der Waals surface area contributed by atoms with Gasteiger partial charge in [-0.1, -0.05) is 24.3 Å². The van der Waals surface area contributed by atoms with Gasteiger partial charge in [-0.05, 0) is 51.9 Å². The Kier molecular flexibility index (Phi) is 3.08. The lowest BCUT2D eigenvalue weighted by Gasteiger charge is -2.13. The molecule has 3 nitrogen and oxygen atoms in total. The third-order valence-electron chi connectivity index (χ3n) is 4.58. The maximum atomic E-state index is 10.8. The largest absolute Gasteiger partial charge is 0.508 e. The van der Waals surface area contributed by atoms with Crippen molar-refractivity contribution >= 4 is 50.2 Å². The van der Waals surface area contributed by atoms with Crippen LogP contribution in [0.1, 0.15) is 0 Å². The van der Waals surface area contributed by atoms with Gasteiger partial charge in [0.25, 0.3) is 0 Å². The van der Waals surface area contributed by atoms with Gasteiger partial charge in [-0.3, -0.25) is 0 Å². The van der Waals surface area contributed by atoms with Crippen LogP contribution in [0.3, 0.4) is 0 Å². The van der Waals surface area contributed by atoms with Gasteiger partial charge in [0.05, 0.1) is 5.52 Å². The summed E-state index contributed by atoms with van der Waals surface area (Å²) in [5.74, 6) is 0.499. The zero-order valence-corrected chi connectivity index (χ0v) is 13.4. The van der Waals surface area contributed by atoms with Crippen LogP contribution in [-0.4, -0.2) is 14.6 Å². The molecule has 0 spiro atoms. The first kappa shape index (κ1) is 14.7. The van der Waals surface area contributed by atoms with Crippen molar-refractivity contribution in [2.75, 3.05) is 0 Å². The molecule has 0 saturated heterocycles. The second-order valence-corrected chi connectivity index (χ2v) is 5.84. The molecule has 0 saturated carbocycles. The van der Waals surface area contributed by atoms with E-state index in [1.54, 1.807) is 12.1 Å². The molecule has 2 N–H and O–H groups in total. The van der Waals surface area contributed by atoms with Crippen LogP contribution in [0.25, 0.3) is 37.8 Å². The molecular formula is C20H14ClNO2. The van der Waals surface area contributed by atoms with E-state index in [2.05, 4.69) is 12.3 Å². The van der Waals surface area contributed by atoms with E-state index in [9.17, 15) is 10.2 Å². The zero-order valence-electron chi connectivity index (χ0n) is 12.6. The summed E-state index contributed by atoms with van der Waals surface area (Å²) in [6.45, 7) is 0. The summed E-state index contributed by atoms with van der Waals surface area (Å²) in [6, 6.07) is 17.2. The second-order valence-electron chi connectivity index (χ2n) is 5.84. The van der Waals surface area contributed by atoms with Crippen molar-refractivity contribution < 1.29 is 10.2 Å². The molecule has 5 aromatic rings. The fourth-order valence-electron chi connectivity index (χ4n) is 3.57. The number of hydrogen-bond donors (Lipinski definition) is 2. The SMILES string of the molecule is Cl.Oc1ccc2c(c1)c1ccccc1c1cn3cccc3c(O)c21. The number of rotatable bonds is 0. The van der Waals surface area contributed by atoms with Gasteiger partial charge in [0.2, 0.25) is 0 Å². The van der Waals surface area contributed by atoms with Gasteiger partial charge < -0.3 is 14.6 Å². The van der Waals surface area contributed by atoms with Crippen LogP contribution >= 0.6 is 12.4 Å². The Morgan fingerprint density at radius 3 is 2.25 bits per heavy atom. The highest BCUT2D eigenvalue weighted by Gasteiger charge is 2.14. The summed E-state index contributed by atoms with van der Waals surface area (Å²) in [5, 5.41) is 26.6. The topological polar surface area (TPSA) is 44.9 Å². The van der Waals surface area contributed by atoms with Crippen molar-refractivity contribution in [2.45, 2.75) is 0 Å². The van der Waals surface area contributed by atoms with Gasteiger partial charge in [0, 0.05) is 23.2 Å². The number of aromatic hydroxyl groups is 2. The molecule has 4 heteroatoms. The lowest BCUT2D eigenvalue weighted by molar-refractivity contribution is 0.476. The van der Waals surface area contributed by atoms with Gasteiger partial charge in [-0.15, -0.1) is 12.4 Å². The fraction of sp³-hybridized carbons (Fsp3) is 0. The summed E-state index contributed by atoms with van der Waals surface area (Å²) in [5.41, 5.74) is 0.780. The third kappa shape index (κ3) is 1.79. The third-order valence-corrected chi connectivity index (χ3v) is 4.58. The minimum atomic E-state index is 0. The van der Waals surface area contributed by atoms with Crippen molar-refractivity contribution in [3.05, 3.63) is 67.0 Å². The quantitative estimate of drug-likeness (QED) is 0.380. The van der Waals surface area contributed by atoms with E-state index in [0.29, 0.717) is 0 Å². The van der Waals surface area contributed by atoms with Crippen LogP contribution in [0.2, 0.25) is 0 Å². The van der Waals surface area contributed by atoms with Crippen LogP contribution in [0.4, 0.5) is 0 Å². The summed E-state index contributed by atoms with van der Waals surface area (Å²) >= 11 is 0. The molecule has 118 valence electrons. The second kappa shape index (κ2) is 5.05. The number of phenolic OH excluding ortho intramolecular Hbond substituents is 1. The first-order chi connectivity index (χ1) is 11.2. The molecule has 0 unspecified atom stereocenters. The first-order valence-electron chi connectivity index (χ1n) is 7.50. The number of hydrogen-bond acceptors (Lipinski definition) is 2. The summed E-state index contributed by atoms with van der Waals surface area (Å²) in [6.07, 6.45) is 3.99. The Balaban J connectivity index is 0.00000146. The van der Waals surface area contributed by atoms with E-state index in [1.807, 2.05) is 47.0 Å². The Morgan fingerprint density at radius 1 is 0.708 bits per heavy atom. The first-order valence-corrected chi connectivity index (χ1v) is 7.50. The normalized spacial score (nSPS) is 11.3. The van der Waals surface area contributed by atoms with Crippen LogP contribution in [0.15, 0.2) is 67.0 Å². The molecule has 0 aliphatic carbocycles. The van der Waals surface area contributed by atoms with Crippen LogP contribution in [-0.2, 0) is 0 Å². The average Bonchev–Trinajstić information content (AvgIpc) is 3.04. The van der Waals surface area contributed by atoms with Crippen molar-refractivity contribution in [3.8, 4) is 11.5 Å². The fourth-order valence-corrected chi connectivity index (χ4v) is 3.57. The van der Waals surface area contributed by atoms with E-state index >= 15 is 0 Å². The van der Waals surface area contributed by atoms with E-state index in [-0.39, 0.29) is 23.9 Å². The highest BCUT2D eigenvalue weighted by atomic mass is 35.5. The van der Waals surface area contributed by atoms with Gasteiger partial charge in [0.1, 0.15) is 11.5 Å². The molecule has 3 aromatic carbocycles. The van der Waals surface area contributed by atoms with Gasteiger partial charge in [-0.25, -0.2) is 0 Å². The molecule has 0 bridgehead atoms. The Morgan fingerprint density at radius 2 is 1.46 bits per heavy atom. The van der Waals surface area contributed by atoms with Crippen molar-refractivity contribution in [1.29, 1.82) is 0 Å². The molecule has 0 radical (unpaired) electrons. The number of aromatic nitrogens is 1. The molecule has 0 aliphatic rings. The standard InChI is InChI=1S/C20H13NO2.ClH/c22-12-7-8-15-16(10-12)13-4-1-2-5-14(13)17-11-21-9-3-6-18(21)20(23)19(15)17;/h1-11,22-23H;1H. The maximum Gasteiger partial charge on any atom is 0.148 e. The Labute approximate surface area is 143 Å². The lowest BCUT2D eigenvalue weighted by atomic mass is 9.94. The number of pyridine rings is 1. The van der Waals surface area contributed by atoms with E-state index in [1.165, 1.54) is 0 Å². The molecule has 0 aliphatic heterocycles. The average molecular weight is 336 g/mol. The van der Waals surface area contributed by atoms with E-state index in [4.69, 9.17) is 0 Å². The number of benzene rings is 3. The van der Waals surface area contributed by atoms with Gasteiger partial charge in [-0.2, -0.15) is 0 Å². The zero-order chi connectivity index (χ0) is 15.6. The molecule has 0 fully saturated rings. The van der Waals surface area contributed by atoms with Gasteiger partial charge >= 0.3 is 0 Å². The van der Waals surface area contributed by atoms with Crippen LogP contribution in [0.5, 0.6) is 11.5 Å². The summed E-state index contributed by atoms with van der Waals surface area (Å²) < 4.78 is 1.94. The molecule has 5 rings (SSSR count). The van der Waals surface area contributed by atoms with Crippen LogP contribution < -0.4 is 0 Å². The van der Waals surface area contributed by atoms with Gasteiger partial charge in [0.15, 0.2) is 0 Å². The Hall–Kier alpha value is -2.91. The molecular weight excluding hydrogens is 322 g/mol. The molecule has 0 atom stereocenters. The number of halogens is 1. The molecule has 0 amide bonds. The van der Waals surface area contributed by atoms with Crippen molar-refractivity contribution in [2.24, 2.45) is 0 Å². The summed E-state index contributed by atoms with van der Waals surface area (Å²) in [7, 11) is 0. The van der Waals surface area contributed by atoms with Crippen LogP contribution in [0, 0.1) is 0 Å². The monoisotopic (exact) mass is 335 g/mol.